The molecular weight excluding hydrogens is 221 g/mol. The van der Waals surface area contributed by atoms with Crippen molar-refractivity contribution in [2.45, 2.75) is 13.0 Å². The highest BCUT2D eigenvalue weighted by atomic mass is 19.1. The molecule has 17 heavy (non-hydrogen) atoms. The van der Waals surface area contributed by atoms with E-state index in [1.165, 1.54) is 23.1 Å². The molecule has 0 aromatic heterocycles. The van der Waals surface area contributed by atoms with Crippen molar-refractivity contribution in [2.75, 3.05) is 13.6 Å². The highest BCUT2D eigenvalue weighted by molar-refractivity contribution is 5.91. The number of hydrogen-bond donors (Lipinski definition) is 1. The van der Waals surface area contributed by atoms with Crippen LogP contribution >= 0.6 is 0 Å². The summed E-state index contributed by atoms with van der Waals surface area (Å²) in [5.41, 5.74) is 0.367. The second-order valence-corrected chi connectivity index (χ2v) is 3.92. The zero-order valence-electron chi connectivity index (χ0n) is 9.93. The molecule has 1 aromatic rings. The fourth-order valence-electron chi connectivity index (χ4n) is 1.38. The van der Waals surface area contributed by atoms with E-state index in [1.54, 1.807) is 32.2 Å². The van der Waals surface area contributed by atoms with Gasteiger partial charge in [0.25, 0.3) is 0 Å². The molecular formula is C13H16FNO2. The number of aliphatic hydroxyl groups is 1. The molecule has 1 unspecified atom stereocenters. The number of nitrogens with zero attached hydrogens (tertiary/aromatic N) is 1. The van der Waals surface area contributed by atoms with Gasteiger partial charge in [-0.15, -0.1) is 0 Å². The molecule has 4 heteroatoms. The summed E-state index contributed by atoms with van der Waals surface area (Å²) >= 11 is 0. The van der Waals surface area contributed by atoms with Crippen molar-refractivity contribution in [2.24, 2.45) is 0 Å². The van der Waals surface area contributed by atoms with Crippen molar-refractivity contribution in [3.63, 3.8) is 0 Å². The second kappa shape index (κ2) is 6.15. The van der Waals surface area contributed by atoms with Gasteiger partial charge in [0.05, 0.1) is 6.10 Å². The molecule has 0 heterocycles. The van der Waals surface area contributed by atoms with Crippen LogP contribution in [0.3, 0.4) is 0 Å². The highest BCUT2D eigenvalue weighted by Crippen LogP contribution is 2.08. The van der Waals surface area contributed by atoms with Crippen molar-refractivity contribution in [3.8, 4) is 0 Å². The normalized spacial score (nSPS) is 12.7. The van der Waals surface area contributed by atoms with Crippen LogP contribution in [0, 0.1) is 5.82 Å². The Balaban J connectivity index is 2.65. The van der Waals surface area contributed by atoms with Crippen molar-refractivity contribution in [3.05, 3.63) is 41.7 Å². The van der Waals surface area contributed by atoms with Crippen LogP contribution < -0.4 is 0 Å². The minimum Gasteiger partial charge on any atom is -0.392 e. The predicted molar refractivity (Wildman–Crippen MR) is 64.8 cm³/mol. The molecule has 0 aliphatic heterocycles. The number of carbonyl (C=O) groups is 1. The Labute approximate surface area is 100 Å². The van der Waals surface area contributed by atoms with Gasteiger partial charge in [0.15, 0.2) is 0 Å². The third-order valence-electron chi connectivity index (χ3n) is 2.22. The molecule has 0 spiro atoms. The zero-order valence-corrected chi connectivity index (χ0v) is 9.93. The first-order chi connectivity index (χ1) is 8.00. The summed E-state index contributed by atoms with van der Waals surface area (Å²) in [7, 11) is 1.58. The van der Waals surface area contributed by atoms with Crippen LogP contribution in [0.25, 0.3) is 6.08 Å². The third kappa shape index (κ3) is 4.36. The van der Waals surface area contributed by atoms with Gasteiger partial charge in [-0.3, -0.25) is 4.79 Å². The molecule has 3 nitrogen and oxygen atoms in total. The maximum absolute atomic E-state index is 13.2. The molecule has 1 amide bonds. The lowest BCUT2D eigenvalue weighted by molar-refractivity contribution is -0.125. The van der Waals surface area contributed by atoms with E-state index in [0.29, 0.717) is 5.56 Å². The Hall–Kier alpha value is -1.68. The molecule has 1 aromatic carbocycles. The number of likely N-dealkylation sites (N-methyl/N-ethyl adjacent to an activating group) is 1. The highest BCUT2D eigenvalue weighted by Gasteiger charge is 2.07. The fourth-order valence-corrected chi connectivity index (χ4v) is 1.38. The monoisotopic (exact) mass is 237 g/mol. The molecule has 92 valence electrons. The fraction of sp³-hybridized carbons (Fsp3) is 0.308. The molecule has 0 aliphatic carbocycles. The van der Waals surface area contributed by atoms with Crippen molar-refractivity contribution < 1.29 is 14.3 Å². The quantitative estimate of drug-likeness (QED) is 0.809. The van der Waals surface area contributed by atoms with E-state index in [0.717, 1.165) is 0 Å². The van der Waals surface area contributed by atoms with Gasteiger partial charge in [-0.1, -0.05) is 18.2 Å². The van der Waals surface area contributed by atoms with E-state index >= 15 is 0 Å². The van der Waals surface area contributed by atoms with Gasteiger partial charge >= 0.3 is 0 Å². The summed E-state index contributed by atoms with van der Waals surface area (Å²) in [6.45, 7) is 1.85. The van der Waals surface area contributed by atoms with Crippen LogP contribution in [0.15, 0.2) is 30.3 Å². The average molecular weight is 237 g/mol. The lowest BCUT2D eigenvalue weighted by atomic mass is 10.2. The summed E-state index contributed by atoms with van der Waals surface area (Å²) in [5.74, 6) is -0.635. The van der Waals surface area contributed by atoms with Gasteiger partial charge in [-0.05, 0) is 19.1 Å². The summed E-state index contributed by atoms with van der Waals surface area (Å²) in [6, 6.07) is 6.22. The molecule has 0 aliphatic rings. The third-order valence-corrected chi connectivity index (χ3v) is 2.22. The molecule has 1 atom stereocenters. The number of carbonyl (C=O) groups excluding carboxylic acids is 1. The average Bonchev–Trinajstić information content (AvgIpc) is 2.26. The topological polar surface area (TPSA) is 40.5 Å². The Morgan fingerprint density at radius 2 is 2.18 bits per heavy atom. The van der Waals surface area contributed by atoms with Gasteiger partial charge in [-0.2, -0.15) is 0 Å². The number of benzene rings is 1. The summed E-state index contributed by atoms with van der Waals surface area (Å²) in [5, 5.41) is 9.12. The standard InChI is InChI=1S/C13H16FNO2/c1-10(16)9-15(2)13(17)8-7-11-5-3-4-6-12(11)14/h3-8,10,16H,9H2,1-2H3. The first-order valence-corrected chi connectivity index (χ1v) is 5.36. The SMILES string of the molecule is CC(O)CN(C)C(=O)C=Cc1ccccc1F. The second-order valence-electron chi connectivity index (χ2n) is 3.92. The lowest BCUT2D eigenvalue weighted by Crippen LogP contribution is -2.31. The van der Waals surface area contributed by atoms with E-state index in [4.69, 9.17) is 5.11 Å². The van der Waals surface area contributed by atoms with Crippen LogP contribution in [-0.2, 0) is 4.79 Å². The van der Waals surface area contributed by atoms with Crippen LogP contribution in [-0.4, -0.2) is 35.6 Å². The minimum absolute atomic E-state index is 0.250. The number of amides is 1. The van der Waals surface area contributed by atoms with Crippen LogP contribution in [0.5, 0.6) is 0 Å². The molecule has 0 saturated carbocycles. The van der Waals surface area contributed by atoms with Crippen LogP contribution in [0.4, 0.5) is 4.39 Å². The van der Waals surface area contributed by atoms with Gasteiger partial charge < -0.3 is 10.0 Å². The van der Waals surface area contributed by atoms with E-state index in [1.807, 2.05) is 0 Å². The zero-order chi connectivity index (χ0) is 12.8. The Kier molecular flexibility index (Phi) is 4.84. The predicted octanol–water partition coefficient (Wildman–Crippen LogP) is 1.68. The molecule has 1 rings (SSSR count). The van der Waals surface area contributed by atoms with Gasteiger partial charge in [0.1, 0.15) is 5.82 Å². The van der Waals surface area contributed by atoms with E-state index < -0.39 is 6.10 Å². The van der Waals surface area contributed by atoms with Crippen molar-refractivity contribution >= 4 is 12.0 Å². The summed E-state index contributed by atoms with van der Waals surface area (Å²) in [4.78, 5) is 12.9. The smallest absolute Gasteiger partial charge is 0.246 e. The Bertz CT molecular complexity index is 416. The van der Waals surface area contributed by atoms with Gasteiger partial charge in [-0.25, -0.2) is 4.39 Å². The van der Waals surface area contributed by atoms with E-state index in [2.05, 4.69) is 0 Å². The summed E-state index contributed by atoms with van der Waals surface area (Å²) < 4.78 is 13.2. The molecule has 1 N–H and O–H groups in total. The van der Waals surface area contributed by atoms with Gasteiger partial charge in [0.2, 0.25) is 5.91 Å². The minimum atomic E-state index is -0.578. The lowest BCUT2D eigenvalue weighted by Gasteiger charge is -2.16. The number of aliphatic hydroxyl groups excluding tert-OH is 1. The first kappa shape index (κ1) is 13.4. The number of hydrogen-bond acceptors (Lipinski definition) is 2. The largest absolute Gasteiger partial charge is 0.392 e. The molecule has 0 radical (unpaired) electrons. The maximum atomic E-state index is 13.2. The van der Waals surface area contributed by atoms with E-state index in [-0.39, 0.29) is 18.3 Å². The molecule has 0 bridgehead atoms. The van der Waals surface area contributed by atoms with Gasteiger partial charge in [0, 0.05) is 25.2 Å². The van der Waals surface area contributed by atoms with E-state index in [9.17, 15) is 9.18 Å². The van der Waals surface area contributed by atoms with Crippen LogP contribution in [0.1, 0.15) is 12.5 Å². The van der Waals surface area contributed by atoms with Crippen LogP contribution in [0.2, 0.25) is 0 Å². The number of halogens is 1. The first-order valence-electron chi connectivity index (χ1n) is 5.36. The van der Waals surface area contributed by atoms with Crippen molar-refractivity contribution in [1.82, 2.24) is 4.90 Å². The Morgan fingerprint density at radius 3 is 2.76 bits per heavy atom. The number of rotatable bonds is 4. The summed E-state index contributed by atoms with van der Waals surface area (Å²) in [6.07, 6.45) is 2.14. The molecule has 0 fully saturated rings. The molecule has 0 saturated heterocycles. The maximum Gasteiger partial charge on any atom is 0.246 e. The Morgan fingerprint density at radius 1 is 1.53 bits per heavy atom. The van der Waals surface area contributed by atoms with Crippen molar-refractivity contribution in [1.29, 1.82) is 0 Å².